The van der Waals surface area contributed by atoms with Crippen LogP contribution in [0.2, 0.25) is 5.02 Å². The van der Waals surface area contributed by atoms with Crippen LogP contribution in [-0.4, -0.2) is 27.3 Å². The van der Waals surface area contributed by atoms with Gasteiger partial charge in [0.15, 0.2) is 5.13 Å². The van der Waals surface area contributed by atoms with E-state index in [1.807, 2.05) is 0 Å². The Morgan fingerprint density at radius 2 is 2.28 bits per heavy atom. The highest BCUT2D eigenvalue weighted by molar-refractivity contribution is 7.22. The number of benzene rings is 1. The fraction of sp³-hybridized carbons (Fsp3) is 0.267. The predicted octanol–water partition coefficient (Wildman–Crippen LogP) is 4.02. The fourth-order valence-electron chi connectivity index (χ4n) is 2.16. The van der Waals surface area contributed by atoms with Crippen molar-refractivity contribution < 1.29 is 18.3 Å². The Labute approximate surface area is 150 Å². The van der Waals surface area contributed by atoms with E-state index in [-0.39, 0.29) is 17.6 Å². The van der Waals surface area contributed by atoms with Gasteiger partial charge in [0.05, 0.1) is 33.9 Å². The van der Waals surface area contributed by atoms with Gasteiger partial charge in [-0.25, -0.2) is 4.98 Å². The van der Waals surface area contributed by atoms with Crippen LogP contribution in [0, 0.1) is 5.92 Å². The van der Waals surface area contributed by atoms with Crippen LogP contribution in [0.5, 0.6) is 5.75 Å². The molecule has 1 N–H and O–H groups in total. The second-order valence-electron chi connectivity index (χ2n) is 5.30. The van der Waals surface area contributed by atoms with Gasteiger partial charge in [0, 0.05) is 6.20 Å². The molecule has 2 heterocycles. The molecule has 0 aliphatic heterocycles. The first-order valence-corrected chi connectivity index (χ1v) is 8.44. The maximum absolute atomic E-state index is 12.3. The number of anilines is 1. The molecule has 3 aromatic rings. The van der Waals surface area contributed by atoms with E-state index >= 15 is 0 Å². The standard InChI is InChI=1S/C15H13ClF2N4O2S/c1-8(6-22-7-9(16)5-19-22)13(23)21-15-20-11-3-2-10(24-14(17)18)4-12(11)25-15/h2-5,7-8,14H,6H2,1H3,(H,20,21,23). The number of carbonyl (C=O) groups excluding carboxylic acids is 1. The van der Waals surface area contributed by atoms with Crippen molar-refractivity contribution in [3.63, 3.8) is 0 Å². The molecule has 25 heavy (non-hydrogen) atoms. The number of nitrogens with one attached hydrogen (secondary N) is 1. The molecule has 0 aliphatic carbocycles. The molecule has 0 fully saturated rings. The number of amides is 1. The summed E-state index contributed by atoms with van der Waals surface area (Å²) in [6.45, 7) is -0.760. The van der Waals surface area contributed by atoms with Crippen LogP contribution in [0.1, 0.15) is 6.92 Å². The van der Waals surface area contributed by atoms with Gasteiger partial charge in [0.1, 0.15) is 5.75 Å². The average molecular weight is 387 g/mol. The molecule has 0 aliphatic rings. The van der Waals surface area contributed by atoms with Crippen molar-refractivity contribution in [2.75, 3.05) is 5.32 Å². The second kappa shape index (κ2) is 7.32. The molecule has 10 heteroatoms. The molecule has 0 radical (unpaired) electrons. The van der Waals surface area contributed by atoms with Gasteiger partial charge in [-0.2, -0.15) is 13.9 Å². The van der Waals surface area contributed by atoms with Crippen LogP contribution < -0.4 is 10.1 Å². The summed E-state index contributed by atoms with van der Waals surface area (Å²) in [5.41, 5.74) is 0.591. The first-order chi connectivity index (χ1) is 11.9. The number of ether oxygens (including phenoxy) is 1. The molecule has 3 rings (SSSR count). The summed E-state index contributed by atoms with van der Waals surface area (Å²) in [5.74, 6) is -0.539. The minimum atomic E-state index is -2.89. The summed E-state index contributed by atoms with van der Waals surface area (Å²) in [4.78, 5) is 16.5. The molecule has 0 saturated carbocycles. The zero-order valence-electron chi connectivity index (χ0n) is 12.9. The minimum absolute atomic E-state index is 0.0490. The average Bonchev–Trinajstić information content (AvgIpc) is 3.11. The number of nitrogens with zero attached hydrogens (tertiary/aromatic N) is 3. The zero-order valence-corrected chi connectivity index (χ0v) is 14.5. The number of aromatic nitrogens is 3. The summed E-state index contributed by atoms with van der Waals surface area (Å²) in [5, 5.41) is 7.64. The Morgan fingerprint density at radius 1 is 1.48 bits per heavy atom. The Balaban J connectivity index is 1.68. The molecule has 0 bridgehead atoms. The van der Waals surface area contributed by atoms with Gasteiger partial charge in [-0.3, -0.25) is 9.48 Å². The number of hydrogen-bond acceptors (Lipinski definition) is 5. The monoisotopic (exact) mass is 386 g/mol. The number of thiazole rings is 1. The molecular formula is C15H13ClF2N4O2S. The van der Waals surface area contributed by atoms with Gasteiger partial charge in [0.25, 0.3) is 0 Å². The Bertz CT molecular complexity index is 899. The maximum atomic E-state index is 12.3. The number of rotatable bonds is 6. The zero-order chi connectivity index (χ0) is 18.0. The minimum Gasteiger partial charge on any atom is -0.435 e. The van der Waals surface area contributed by atoms with E-state index in [9.17, 15) is 13.6 Å². The van der Waals surface area contributed by atoms with Crippen LogP contribution >= 0.6 is 22.9 Å². The van der Waals surface area contributed by atoms with Crippen LogP contribution in [0.4, 0.5) is 13.9 Å². The van der Waals surface area contributed by atoms with Crippen molar-refractivity contribution in [3.8, 4) is 5.75 Å². The van der Waals surface area contributed by atoms with E-state index in [1.54, 1.807) is 23.9 Å². The van der Waals surface area contributed by atoms with E-state index in [0.717, 1.165) is 0 Å². The lowest BCUT2D eigenvalue weighted by atomic mass is 10.2. The number of hydrogen-bond donors (Lipinski definition) is 1. The smallest absolute Gasteiger partial charge is 0.387 e. The third-order valence-electron chi connectivity index (χ3n) is 3.33. The van der Waals surface area contributed by atoms with Crippen molar-refractivity contribution in [2.24, 2.45) is 5.92 Å². The molecular weight excluding hydrogens is 374 g/mol. The molecule has 6 nitrogen and oxygen atoms in total. The third kappa shape index (κ3) is 4.43. The highest BCUT2D eigenvalue weighted by atomic mass is 35.5. The molecule has 0 spiro atoms. The molecule has 1 unspecified atom stereocenters. The Morgan fingerprint density at radius 3 is 2.96 bits per heavy atom. The van der Waals surface area contributed by atoms with E-state index in [2.05, 4.69) is 20.1 Å². The summed E-state index contributed by atoms with van der Waals surface area (Å²) in [6.07, 6.45) is 3.13. The molecule has 1 amide bonds. The van der Waals surface area contributed by atoms with Crippen LogP contribution in [0.25, 0.3) is 10.2 Å². The van der Waals surface area contributed by atoms with Gasteiger partial charge in [-0.15, -0.1) is 0 Å². The van der Waals surface area contributed by atoms with Crippen molar-refractivity contribution in [3.05, 3.63) is 35.6 Å². The SMILES string of the molecule is CC(Cn1cc(Cl)cn1)C(=O)Nc1nc2ccc(OC(F)F)cc2s1. The van der Waals surface area contributed by atoms with Gasteiger partial charge >= 0.3 is 6.61 Å². The third-order valence-corrected chi connectivity index (χ3v) is 4.45. The van der Waals surface area contributed by atoms with E-state index in [0.29, 0.717) is 26.9 Å². The number of alkyl halides is 2. The second-order valence-corrected chi connectivity index (χ2v) is 6.77. The van der Waals surface area contributed by atoms with Gasteiger partial charge < -0.3 is 10.1 Å². The van der Waals surface area contributed by atoms with E-state index < -0.39 is 6.61 Å². The van der Waals surface area contributed by atoms with Gasteiger partial charge in [-0.1, -0.05) is 29.9 Å². The predicted molar refractivity (Wildman–Crippen MR) is 91.3 cm³/mol. The van der Waals surface area contributed by atoms with Crippen molar-refractivity contribution in [1.29, 1.82) is 0 Å². The van der Waals surface area contributed by atoms with Crippen molar-refractivity contribution in [2.45, 2.75) is 20.1 Å². The summed E-state index contributed by atoms with van der Waals surface area (Å²) in [6, 6.07) is 4.43. The van der Waals surface area contributed by atoms with Gasteiger partial charge in [-0.05, 0) is 18.2 Å². The highest BCUT2D eigenvalue weighted by Crippen LogP contribution is 2.30. The quantitative estimate of drug-likeness (QED) is 0.694. The van der Waals surface area contributed by atoms with Crippen LogP contribution in [0.3, 0.4) is 0 Å². The lowest BCUT2D eigenvalue weighted by Crippen LogP contribution is -2.24. The van der Waals surface area contributed by atoms with Gasteiger partial charge in [0.2, 0.25) is 5.91 Å². The van der Waals surface area contributed by atoms with Crippen LogP contribution in [-0.2, 0) is 11.3 Å². The fourth-order valence-corrected chi connectivity index (χ4v) is 3.22. The largest absolute Gasteiger partial charge is 0.435 e. The Hall–Kier alpha value is -2.26. The van der Waals surface area contributed by atoms with Crippen LogP contribution in [0.15, 0.2) is 30.6 Å². The molecule has 132 valence electrons. The molecule has 0 saturated heterocycles. The van der Waals surface area contributed by atoms with Crippen molar-refractivity contribution >= 4 is 44.2 Å². The lowest BCUT2D eigenvalue weighted by Gasteiger charge is -2.10. The maximum Gasteiger partial charge on any atom is 0.387 e. The summed E-state index contributed by atoms with van der Waals surface area (Å²) < 4.78 is 31.1. The first-order valence-electron chi connectivity index (χ1n) is 7.25. The number of halogens is 3. The molecule has 2 aromatic heterocycles. The molecule has 1 atom stereocenters. The van der Waals surface area contributed by atoms with E-state index in [4.69, 9.17) is 11.6 Å². The number of fused-ring (bicyclic) bond motifs is 1. The molecule has 1 aromatic carbocycles. The number of carbonyl (C=O) groups is 1. The lowest BCUT2D eigenvalue weighted by molar-refractivity contribution is -0.119. The van der Waals surface area contributed by atoms with Crippen molar-refractivity contribution in [1.82, 2.24) is 14.8 Å². The summed E-state index contributed by atoms with van der Waals surface area (Å²) >= 11 is 6.98. The summed E-state index contributed by atoms with van der Waals surface area (Å²) in [7, 11) is 0. The van der Waals surface area contributed by atoms with E-state index in [1.165, 1.54) is 29.7 Å². The first kappa shape index (κ1) is 17.6. The topological polar surface area (TPSA) is 69.0 Å². The Kier molecular flexibility index (Phi) is 5.14. The highest BCUT2D eigenvalue weighted by Gasteiger charge is 2.16. The normalized spacial score (nSPS) is 12.5.